The van der Waals surface area contributed by atoms with Crippen molar-refractivity contribution < 1.29 is 9.53 Å². The maximum absolute atomic E-state index is 11.2. The van der Waals surface area contributed by atoms with Gasteiger partial charge in [-0.2, -0.15) is 0 Å². The molecule has 0 aromatic carbocycles. The maximum Gasteiger partial charge on any atom is 0.315 e. The molecule has 2 N–H and O–H groups in total. The van der Waals surface area contributed by atoms with Gasteiger partial charge in [0.1, 0.15) is 0 Å². The molecule has 100 valence electrons. The van der Waals surface area contributed by atoms with Gasteiger partial charge < -0.3 is 10.5 Å². The van der Waals surface area contributed by atoms with Crippen molar-refractivity contribution in [2.75, 3.05) is 12.9 Å². The van der Waals surface area contributed by atoms with Crippen LogP contribution in [0.25, 0.3) is 0 Å². The number of carbonyl (C=O) groups excluding carboxylic acids is 1. The maximum atomic E-state index is 11.2. The van der Waals surface area contributed by atoms with Crippen molar-refractivity contribution in [3.63, 3.8) is 0 Å². The summed E-state index contributed by atoms with van der Waals surface area (Å²) in [7, 11) is 1.43. The van der Waals surface area contributed by atoms with E-state index in [9.17, 15) is 4.79 Å². The number of rotatable bonds is 3. The fraction of sp³-hybridized carbons (Fsp3) is 0.923. The molecule has 0 aromatic heterocycles. The van der Waals surface area contributed by atoms with E-state index in [1.165, 1.54) is 13.5 Å². The van der Waals surface area contributed by atoms with Crippen LogP contribution < -0.4 is 5.73 Å². The summed E-state index contributed by atoms with van der Waals surface area (Å²) in [6.45, 7) is 6.86. The molecule has 0 radical (unpaired) electrons. The van der Waals surface area contributed by atoms with E-state index in [2.05, 4.69) is 25.5 Å². The van der Waals surface area contributed by atoms with Gasteiger partial charge in [-0.05, 0) is 30.6 Å². The Bertz CT molecular complexity index is 263. The summed E-state index contributed by atoms with van der Waals surface area (Å²) in [6, 6.07) is 0.225. The molecule has 0 heterocycles. The first-order valence-electron chi connectivity index (χ1n) is 6.28. The minimum atomic E-state index is -0.153. The zero-order chi connectivity index (χ0) is 13.1. The number of hydrogen-bond donors (Lipinski definition) is 1. The van der Waals surface area contributed by atoms with E-state index < -0.39 is 0 Å². The molecule has 4 heteroatoms. The smallest absolute Gasteiger partial charge is 0.315 e. The highest BCUT2D eigenvalue weighted by Gasteiger charge is 2.34. The van der Waals surface area contributed by atoms with E-state index in [1.54, 1.807) is 11.8 Å². The van der Waals surface area contributed by atoms with Gasteiger partial charge in [-0.15, -0.1) is 11.8 Å². The van der Waals surface area contributed by atoms with E-state index >= 15 is 0 Å². The Labute approximate surface area is 109 Å². The molecule has 0 saturated heterocycles. The van der Waals surface area contributed by atoms with Gasteiger partial charge >= 0.3 is 5.97 Å². The summed E-state index contributed by atoms with van der Waals surface area (Å²) < 4.78 is 4.67. The van der Waals surface area contributed by atoms with Gasteiger partial charge in [0.25, 0.3) is 0 Å². The van der Waals surface area contributed by atoms with Crippen LogP contribution in [0.5, 0.6) is 0 Å². The quantitative estimate of drug-likeness (QED) is 0.791. The molecule has 0 aromatic rings. The fourth-order valence-corrected chi connectivity index (χ4v) is 3.58. The Hall–Kier alpha value is -0.220. The Morgan fingerprint density at radius 3 is 2.59 bits per heavy atom. The highest BCUT2D eigenvalue weighted by Crippen LogP contribution is 2.40. The van der Waals surface area contributed by atoms with Gasteiger partial charge in [-0.3, -0.25) is 4.79 Å². The van der Waals surface area contributed by atoms with Crippen LogP contribution in [0.2, 0.25) is 0 Å². The Morgan fingerprint density at radius 1 is 1.41 bits per heavy atom. The van der Waals surface area contributed by atoms with Gasteiger partial charge in [-0.25, -0.2) is 0 Å². The second-order valence-electron chi connectivity index (χ2n) is 5.97. The monoisotopic (exact) mass is 259 g/mol. The average Bonchev–Trinajstić information content (AvgIpc) is 2.26. The third kappa shape index (κ3) is 4.51. The molecular weight excluding hydrogens is 234 g/mol. The summed E-state index contributed by atoms with van der Waals surface area (Å²) in [4.78, 5) is 11.2. The van der Waals surface area contributed by atoms with Crippen molar-refractivity contribution in [3.05, 3.63) is 0 Å². The lowest BCUT2D eigenvalue weighted by atomic mass is 9.71. The van der Waals surface area contributed by atoms with E-state index in [-0.39, 0.29) is 12.0 Å². The molecular formula is C13H25NO2S. The van der Waals surface area contributed by atoms with Crippen molar-refractivity contribution in [1.29, 1.82) is 0 Å². The summed E-state index contributed by atoms with van der Waals surface area (Å²) in [5.74, 6) is 0.976. The number of esters is 1. The first kappa shape index (κ1) is 14.8. The van der Waals surface area contributed by atoms with Crippen molar-refractivity contribution in [3.8, 4) is 0 Å². The van der Waals surface area contributed by atoms with Crippen LogP contribution >= 0.6 is 11.8 Å². The number of methoxy groups -OCH3 is 1. The molecule has 1 saturated carbocycles. The number of carbonyl (C=O) groups is 1. The third-order valence-electron chi connectivity index (χ3n) is 3.71. The van der Waals surface area contributed by atoms with Crippen molar-refractivity contribution >= 4 is 17.7 Å². The average molecular weight is 259 g/mol. The first-order chi connectivity index (χ1) is 7.84. The number of hydrogen-bond acceptors (Lipinski definition) is 4. The summed E-state index contributed by atoms with van der Waals surface area (Å²) in [6.07, 6.45) is 3.40. The van der Waals surface area contributed by atoms with Crippen molar-refractivity contribution in [2.24, 2.45) is 17.1 Å². The highest BCUT2D eigenvalue weighted by atomic mass is 32.2. The van der Waals surface area contributed by atoms with Crippen LogP contribution in [-0.2, 0) is 9.53 Å². The second-order valence-corrected chi connectivity index (χ2v) is 7.19. The normalized spacial score (nSPS) is 30.1. The van der Waals surface area contributed by atoms with E-state index in [4.69, 9.17) is 5.73 Å². The molecule has 3 nitrogen and oxygen atoms in total. The minimum absolute atomic E-state index is 0.153. The lowest BCUT2D eigenvalue weighted by Gasteiger charge is -2.40. The second kappa shape index (κ2) is 6.10. The molecule has 1 aliphatic rings. The number of nitrogens with two attached hydrogens (primary N) is 1. The van der Waals surface area contributed by atoms with Gasteiger partial charge in [0.2, 0.25) is 0 Å². The third-order valence-corrected chi connectivity index (χ3v) is 5.08. The SMILES string of the molecule is COC(=O)CSC1CC(C(C)(C)C)CCC1N. The molecule has 17 heavy (non-hydrogen) atoms. The van der Waals surface area contributed by atoms with Crippen LogP contribution in [0.4, 0.5) is 0 Å². The zero-order valence-electron chi connectivity index (χ0n) is 11.4. The standard InChI is InChI=1S/C13H25NO2S/c1-13(2,3)9-5-6-10(14)11(7-9)17-8-12(15)16-4/h9-11H,5-8,14H2,1-4H3. The van der Waals surface area contributed by atoms with E-state index in [0.29, 0.717) is 22.3 Å². The molecule has 0 amide bonds. The molecule has 3 unspecified atom stereocenters. The first-order valence-corrected chi connectivity index (χ1v) is 7.33. The van der Waals surface area contributed by atoms with Crippen molar-refractivity contribution in [2.45, 2.75) is 51.3 Å². The van der Waals surface area contributed by atoms with Crippen LogP contribution in [0.3, 0.4) is 0 Å². The predicted molar refractivity (Wildman–Crippen MR) is 73.0 cm³/mol. The zero-order valence-corrected chi connectivity index (χ0v) is 12.2. The van der Waals surface area contributed by atoms with Gasteiger partial charge in [0.05, 0.1) is 12.9 Å². The lowest BCUT2D eigenvalue weighted by Crippen LogP contribution is -2.41. The van der Waals surface area contributed by atoms with E-state index in [1.807, 2.05) is 0 Å². The molecule has 0 aliphatic heterocycles. The van der Waals surface area contributed by atoms with Crippen LogP contribution in [-0.4, -0.2) is 30.1 Å². The topological polar surface area (TPSA) is 52.3 Å². The summed E-state index contributed by atoms with van der Waals surface area (Å²) in [5, 5.41) is 0.395. The van der Waals surface area contributed by atoms with Gasteiger partial charge in [-0.1, -0.05) is 20.8 Å². The van der Waals surface area contributed by atoms with Crippen LogP contribution in [0, 0.1) is 11.3 Å². The molecule has 1 aliphatic carbocycles. The molecule has 0 spiro atoms. The molecule has 0 bridgehead atoms. The van der Waals surface area contributed by atoms with Crippen LogP contribution in [0.1, 0.15) is 40.0 Å². The number of thioether (sulfide) groups is 1. The van der Waals surface area contributed by atoms with E-state index in [0.717, 1.165) is 12.8 Å². The summed E-state index contributed by atoms with van der Waals surface area (Å²) in [5.41, 5.74) is 6.48. The molecule has 1 fully saturated rings. The highest BCUT2D eigenvalue weighted by molar-refractivity contribution is 8.00. The Balaban J connectivity index is 2.49. The summed E-state index contributed by atoms with van der Waals surface area (Å²) >= 11 is 1.66. The van der Waals surface area contributed by atoms with Gasteiger partial charge in [0.15, 0.2) is 0 Å². The Morgan fingerprint density at radius 2 is 2.06 bits per heavy atom. The largest absolute Gasteiger partial charge is 0.468 e. The van der Waals surface area contributed by atoms with Crippen molar-refractivity contribution in [1.82, 2.24) is 0 Å². The predicted octanol–water partition coefficient (Wildman–Crippen LogP) is 2.43. The minimum Gasteiger partial charge on any atom is -0.468 e. The van der Waals surface area contributed by atoms with Gasteiger partial charge in [0, 0.05) is 11.3 Å². The lowest BCUT2D eigenvalue weighted by molar-refractivity contribution is -0.137. The number of ether oxygens (including phenoxy) is 1. The fourth-order valence-electron chi connectivity index (χ4n) is 2.36. The Kier molecular flexibility index (Phi) is 5.32. The van der Waals surface area contributed by atoms with Crippen LogP contribution in [0.15, 0.2) is 0 Å². The molecule has 1 rings (SSSR count). The molecule has 3 atom stereocenters.